The third-order valence-electron chi connectivity index (χ3n) is 2.20. The molecule has 0 bridgehead atoms. The van der Waals surface area contributed by atoms with Gasteiger partial charge in [0.25, 0.3) is 0 Å². The first kappa shape index (κ1) is 10.2. The van der Waals surface area contributed by atoms with Gasteiger partial charge in [0.05, 0.1) is 11.6 Å². The number of pyridine rings is 1. The molecular formula is C10H11Cl2NO. The van der Waals surface area contributed by atoms with Crippen molar-refractivity contribution in [2.45, 2.75) is 19.4 Å². The predicted molar refractivity (Wildman–Crippen MR) is 56.6 cm³/mol. The summed E-state index contributed by atoms with van der Waals surface area (Å²) in [6.45, 7) is 1.36. The van der Waals surface area contributed by atoms with Gasteiger partial charge in [-0.1, -0.05) is 23.2 Å². The highest BCUT2D eigenvalue weighted by Crippen LogP contribution is 2.29. The van der Waals surface area contributed by atoms with Crippen molar-refractivity contribution in [2.75, 3.05) is 6.61 Å². The van der Waals surface area contributed by atoms with Crippen molar-refractivity contribution in [3.05, 3.63) is 28.0 Å². The van der Waals surface area contributed by atoms with Crippen molar-refractivity contribution in [3.63, 3.8) is 0 Å². The summed E-state index contributed by atoms with van der Waals surface area (Å²) in [5.74, 6) is 0.772. The van der Waals surface area contributed by atoms with Crippen LogP contribution in [0.4, 0.5) is 0 Å². The fourth-order valence-electron chi connectivity index (χ4n) is 1.16. The summed E-state index contributed by atoms with van der Waals surface area (Å²) in [4.78, 5) is 3.95. The molecule has 14 heavy (non-hydrogen) atoms. The fraction of sp³-hybridized carbons (Fsp3) is 0.500. The van der Waals surface area contributed by atoms with E-state index in [1.165, 1.54) is 12.8 Å². The second kappa shape index (κ2) is 4.47. The third kappa shape index (κ3) is 2.84. The van der Waals surface area contributed by atoms with Gasteiger partial charge in [0.2, 0.25) is 0 Å². The van der Waals surface area contributed by atoms with E-state index in [1.54, 1.807) is 12.3 Å². The monoisotopic (exact) mass is 231 g/mol. The molecule has 0 amide bonds. The Bertz CT molecular complexity index is 326. The van der Waals surface area contributed by atoms with Crippen molar-refractivity contribution in [2.24, 2.45) is 5.92 Å². The van der Waals surface area contributed by atoms with Gasteiger partial charge in [-0.15, -0.1) is 0 Å². The zero-order valence-corrected chi connectivity index (χ0v) is 9.18. The number of aromatic nitrogens is 1. The lowest BCUT2D eigenvalue weighted by Crippen LogP contribution is -1.98. The van der Waals surface area contributed by atoms with Crippen LogP contribution in [0.5, 0.6) is 0 Å². The molecule has 2 rings (SSSR count). The molecular weight excluding hydrogens is 221 g/mol. The van der Waals surface area contributed by atoms with Crippen molar-refractivity contribution in [1.29, 1.82) is 0 Å². The Hall–Kier alpha value is -0.310. The topological polar surface area (TPSA) is 22.1 Å². The summed E-state index contributed by atoms with van der Waals surface area (Å²) in [6.07, 6.45) is 4.26. The van der Waals surface area contributed by atoms with Gasteiger partial charge in [-0.25, -0.2) is 4.98 Å². The molecule has 1 aliphatic carbocycles. The summed E-state index contributed by atoms with van der Waals surface area (Å²) in [5.41, 5.74) is 0.900. The molecule has 0 atom stereocenters. The van der Waals surface area contributed by atoms with E-state index < -0.39 is 0 Å². The van der Waals surface area contributed by atoms with Gasteiger partial charge < -0.3 is 4.74 Å². The molecule has 1 aromatic rings. The number of hydrogen-bond acceptors (Lipinski definition) is 2. The van der Waals surface area contributed by atoms with Crippen LogP contribution in [0.25, 0.3) is 0 Å². The van der Waals surface area contributed by atoms with Crippen LogP contribution in [0.3, 0.4) is 0 Å². The molecule has 76 valence electrons. The van der Waals surface area contributed by atoms with Crippen LogP contribution in [0.1, 0.15) is 18.4 Å². The average molecular weight is 232 g/mol. The molecule has 1 saturated carbocycles. The van der Waals surface area contributed by atoms with Crippen molar-refractivity contribution >= 4 is 23.2 Å². The van der Waals surface area contributed by atoms with Crippen LogP contribution in [0.2, 0.25) is 10.2 Å². The maximum atomic E-state index is 5.96. The predicted octanol–water partition coefficient (Wildman–Crippen LogP) is 3.32. The number of ether oxygens (including phenoxy) is 1. The van der Waals surface area contributed by atoms with Gasteiger partial charge in [-0.2, -0.15) is 0 Å². The second-order valence-electron chi connectivity index (χ2n) is 3.56. The minimum atomic E-state index is 0.418. The van der Waals surface area contributed by atoms with E-state index >= 15 is 0 Å². The summed E-state index contributed by atoms with van der Waals surface area (Å²) in [7, 11) is 0. The Kier molecular flexibility index (Phi) is 3.26. The summed E-state index contributed by atoms with van der Waals surface area (Å²) in [6, 6.07) is 1.64. The van der Waals surface area contributed by atoms with Crippen LogP contribution >= 0.6 is 23.2 Å². The van der Waals surface area contributed by atoms with E-state index in [0.29, 0.717) is 16.8 Å². The van der Waals surface area contributed by atoms with Crippen LogP contribution in [-0.2, 0) is 11.3 Å². The van der Waals surface area contributed by atoms with E-state index in [4.69, 9.17) is 27.9 Å². The maximum absolute atomic E-state index is 5.96. The van der Waals surface area contributed by atoms with Gasteiger partial charge in [0, 0.05) is 18.4 Å². The highest BCUT2D eigenvalue weighted by atomic mass is 35.5. The molecule has 1 aromatic heterocycles. The maximum Gasteiger partial charge on any atom is 0.130 e. The summed E-state index contributed by atoms with van der Waals surface area (Å²) < 4.78 is 5.50. The first-order valence-corrected chi connectivity index (χ1v) is 5.39. The standard InChI is InChI=1S/C10H11Cl2NO/c11-9-3-10(12)13-4-8(9)6-14-5-7-1-2-7/h3-4,7H,1-2,5-6H2. The van der Waals surface area contributed by atoms with Gasteiger partial charge >= 0.3 is 0 Å². The first-order chi connectivity index (χ1) is 6.75. The molecule has 1 fully saturated rings. The molecule has 0 saturated heterocycles. The van der Waals surface area contributed by atoms with Gasteiger partial charge in [0.1, 0.15) is 5.15 Å². The van der Waals surface area contributed by atoms with Crippen molar-refractivity contribution in [3.8, 4) is 0 Å². The lowest BCUT2D eigenvalue weighted by molar-refractivity contribution is 0.111. The first-order valence-electron chi connectivity index (χ1n) is 4.63. The quantitative estimate of drug-likeness (QED) is 0.743. The normalized spacial score (nSPS) is 15.9. The van der Waals surface area contributed by atoms with Crippen molar-refractivity contribution < 1.29 is 4.74 Å². The molecule has 1 aliphatic rings. The fourth-order valence-corrected chi connectivity index (χ4v) is 1.58. The number of halogens is 2. The van der Waals surface area contributed by atoms with Crippen LogP contribution in [0.15, 0.2) is 12.3 Å². The molecule has 0 N–H and O–H groups in total. The molecule has 2 nitrogen and oxygen atoms in total. The van der Waals surface area contributed by atoms with Crippen LogP contribution < -0.4 is 0 Å². The molecule has 0 unspecified atom stereocenters. The average Bonchev–Trinajstić information content (AvgIpc) is 2.92. The molecule has 0 spiro atoms. The lowest BCUT2D eigenvalue weighted by Gasteiger charge is -2.04. The number of nitrogens with zero attached hydrogens (tertiary/aromatic N) is 1. The van der Waals surface area contributed by atoms with E-state index in [1.807, 2.05) is 0 Å². The Labute approximate surface area is 93.2 Å². The van der Waals surface area contributed by atoms with E-state index in [9.17, 15) is 0 Å². The largest absolute Gasteiger partial charge is 0.376 e. The van der Waals surface area contributed by atoms with E-state index in [-0.39, 0.29) is 0 Å². The van der Waals surface area contributed by atoms with Gasteiger partial charge in [-0.05, 0) is 24.8 Å². The van der Waals surface area contributed by atoms with Crippen LogP contribution in [-0.4, -0.2) is 11.6 Å². The molecule has 0 radical (unpaired) electrons. The SMILES string of the molecule is Clc1cc(Cl)c(COCC2CC2)cn1. The number of rotatable bonds is 4. The van der Waals surface area contributed by atoms with Crippen LogP contribution in [0, 0.1) is 5.92 Å². The summed E-state index contributed by atoms with van der Waals surface area (Å²) in [5, 5.41) is 1.04. The molecule has 1 heterocycles. The van der Waals surface area contributed by atoms with Gasteiger partial charge in [0.15, 0.2) is 0 Å². The Morgan fingerprint density at radius 1 is 1.43 bits per heavy atom. The van der Waals surface area contributed by atoms with E-state index in [0.717, 1.165) is 18.1 Å². The van der Waals surface area contributed by atoms with E-state index in [2.05, 4.69) is 4.98 Å². The highest BCUT2D eigenvalue weighted by molar-refractivity contribution is 6.34. The lowest BCUT2D eigenvalue weighted by atomic mass is 10.3. The highest BCUT2D eigenvalue weighted by Gasteiger charge is 2.21. The number of hydrogen-bond donors (Lipinski definition) is 0. The minimum absolute atomic E-state index is 0.418. The second-order valence-corrected chi connectivity index (χ2v) is 4.35. The van der Waals surface area contributed by atoms with Gasteiger partial charge in [-0.3, -0.25) is 0 Å². The Morgan fingerprint density at radius 3 is 2.86 bits per heavy atom. The third-order valence-corrected chi connectivity index (χ3v) is 2.76. The Balaban J connectivity index is 1.87. The zero-order valence-electron chi connectivity index (χ0n) is 7.67. The van der Waals surface area contributed by atoms with Crippen molar-refractivity contribution in [1.82, 2.24) is 4.98 Å². The smallest absolute Gasteiger partial charge is 0.130 e. The molecule has 0 aromatic carbocycles. The molecule has 0 aliphatic heterocycles. The zero-order chi connectivity index (χ0) is 9.97. The summed E-state index contributed by atoms with van der Waals surface area (Å²) >= 11 is 11.6. The Morgan fingerprint density at radius 2 is 2.21 bits per heavy atom. The minimum Gasteiger partial charge on any atom is -0.376 e. The molecule has 4 heteroatoms.